The van der Waals surface area contributed by atoms with E-state index in [0.717, 1.165) is 24.6 Å². The average molecular weight is 677 g/mol. The summed E-state index contributed by atoms with van der Waals surface area (Å²) in [5, 5.41) is 19.5. The van der Waals surface area contributed by atoms with Crippen molar-refractivity contribution in [2.75, 3.05) is 43.4 Å². The van der Waals surface area contributed by atoms with Crippen LogP contribution in [-0.4, -0.2) is 70.6 Å². The van der Waals surface area contributed by atoms with Crippen molar-refractivity contribution >= 4 is 43.1 Å². The van der Waals surface area contributed by atoms with Gasteiger partial charge in [0.05, 0.1) is 27.5 Å². The molecule has 3 aliphatic heterocycles. The van der Waals surface area contributed by atoms with Gasteiger partial charge >= 0.3 is 12.2 Å². The van der Waals surface area contributed by atoms with E-state index >= 15 is 4.39 Å². The molecule has 0 aliphatic carbocycles. The van der Waals surface area contributed by atoms with E-state index in [9.17, 15) is 32.3 Å². The van der Waals surface area contributed by atoms with Crippen LogP contribution in [0.3, 0.4) is 0 Å². The highest BCUT2D eigenvalue weighted by Crippen LogP contribution is 2.48. The lowest BCUT2D eigenvalue weighted by Gasteiger charge is -2.31. The van der Waals surface area contributed by atoms with Crippen molar-refractivity contribution in [3.8, 4) is 23.2 Å². The number of ether oxygens (including phenoxy) is 1. The molecular weight excluding hydrogens is 646 g/mol. The van der Waals surface area contributed by atoms with Gasteiger partial charge < -0.3 is 20.5 Å². The third-order valence-electron chi connectivity index (χ3n) is 9.62. The molecule has 5 heterocycles. The van der Waals surface area contributed by atoms with E-state index in [1.54, 1.807) is 4.90 Å². The van der Waals surface area contributed by atoms with Crippen LogP contribution in [0.2, 0.25) is 0 Å². The number of nitrogens with two attached hydrogens (primary N) is 1. The van der Waals surface area contributed by atoms with Gasteiger partial charge in [-0.15, -0.1) is 11.3 Å². The van der Waals surface area contributed by atoms with E-state index < -0.39 is 52.3 Å². The minimum atomic E-state index is -5.09. The van der Waals surface area contributed by atoms with Crippen molar-refractivity contribution < 1.29 is 36.2 Å². The lowest BCUT2D eigenvalue weighted by Crippen LogP contribution is -2.43. The highest BCUT2D eigenvalue weighted by molar-refractivity contribution is 7.23. The number of anilines is 2. The molecule has 3 aliphatic rings. The Morgan fingerprint density at radius 2 is 1.96 bits per heavy atom. The summed E-state index contributed by atoms with van der Waals surface area (Å²) in [5.74, 6) is -2.17. The smallest absolute Gasteiger partial charge is 0.417 e. The number of rotatable bonds is 5. The van der Waals surface area contributed by atoms with E-state index in [2.05, 4.69) is 9.97 Å². The maximum atomic E-state index is 16.9. The SMILES string of the molecule is N#Cc1c(N)sc2c(F)ccc(-c3c(C(F)(F)F)cc4c(N5CCCC(O)CC5)nc(OCC56CCCN5CC(F)C6)nc4c3F)c12. The second kappa shape index (κ2) is 11.7. The maximum absolute atomic E-state index is 16.9. The zero-order chi connectivity index (χ0) is 33.2. The molecule has 3 fully saturated rings. The van der Waals surface area contributed by atoms with Crippen LogP contribution in [0.5, 0.6) is 6.01 Å². The Kier molecular flexibility index (Phi) is 7.88. The second-order valence-corrected chi connectivity index (χ2v) is 13.6. The van der Waals surface area contributed by atoms with E-state index in [4.69, 9.17) is 10.5 Å². The Labute approximate surface area is 269 Å². The Balaban J connectivity index is 1.45. The summed E-state index contributed by atoms with van der Waals surface area (Å²) in [6.07, 6.45) is -3.67. The fourth-order valence-electron chi connectivity index (χ4n) is 7.43. The summed E-state index contributed by atoms with van der Waals surface area (Å²) in [7, 11) is 0. The van der Waals surface area contributed by atoms with Crippen molar-refractivity contribution in [2.45, 2.75) is 62.5 Å². The number of aliphatic hydroxyl groups is 1. The molecule has 0 spiro atoms. The first-order valence-electron chi connectivity index (χ1n) is 15.4. The number of hydrogen-bond acceptors (Lipinski definition) is 9. The van der Waals surface area contributed by atoms with Crippen molar-refractivity contribution in [2.24, 2.45) is 0 Å². The van der Waals surface area contributed by atoms with Crippen LogP contribution < -0.4 is 15.4 Å². The highest BCUT2D eigenvalue weighted by Gasteiger charge is 2.49. The van der Waals surface area contributed by atoms with Crippen molar-refractivity contribution in [3.05, 3.63) is 41.0 Å². The molecule has 2 aromatic heterocycles. The van der Waals surface area contributed by atoms with Crippen LogP contribution in [0.25, 0.3) is 32.1 Å². The molecule has 3 unspecified atom stereocenters. The molecule has 7 rings (SSSR count). The van der Waals surface area contributed by atoms with Crippen LogP contribution in [0.4, 0.5) is 37.2 Å². The van der Waals surface area contributed by atoms with Crippen LogP contribution in [0, 0.1) is 23.0 Å². The van der Waals surface area contributed by atoms with Crippen LogP contribution in [-0.2, 0) is 6.18 Å². The fourth-order valence-corrected chi connectivity index (χ4v) is 8.38. The topological polar surface area (TPSA) is 112 Å². The zero-order valence-corrected chi connectivity index (χ0v) is 25.8. The number of halogens is 6. The molecule has 0 amide bonds. The Hall–Kier alpha value is -3.87. The molecule has 3 N–H and O–H groups in total. The van der Waals surface area contributed by atoms with E-state index in [0.29, 0.717) is 50.1 Å². The van der Waals surface area contributed by atoms with Crippen LogP contribution in [0.15, 0.2) is 18.2 Å². The van der Waals surface area contributed by atoms with Gasteiger partial charge in [0, 0.05) is 42.4 Å². The highest BCUT2D eigenvalue weighted by atomic mass is 32.1. The van der Waals surface area contributed by atoms with Gasteiger partial charge in [0.25, 0.3) is 0 Å². The Morgan fingerprint density at radius 1 is 1.15 bits per heavy atom. The molecule has 15 heteroatoms. The number of nitriles is 1. The van der Waals surface area contributed by atoms with Gasteiger partial charge in [0.15, 0.2) is 5.82 Å². The van der Waals surface area contributed by atoms with Crippen molar-refractivity contribution in [1.82, 2.24) is 14.9 Å². The molecular formula is C32H30F6N6O2S. The minimum absolute atomic E-state index is 0.00445. The summed E-state index contributed by atoms with van der Waals surface area (Å²) in [6.45, 7) is 1.53. The summed E-state index contributed by atoms with van der Waals surface area (Å²) in [5.41, 5.74) is 1.97. The summed E-state index contributed by atoms with van der Waals surface area (Å²) in [6, 6.07) is 4.21. The summed E-state index contributed by atoms with van der Waals surface area (Å²) >= 11 is 0.686. The molecule has 248 valence electrons. The van der Waals surface area contributed by atoms with Gasteiger partial charge in [-0.3, -0.25) is 4.90 Å². The lowest BCUT2D eigenvalue weighted by molar-refractivity contribution is -0.137. The standard InChI is InChI=1S/C32H30F6N6O2S/c33-16-12-31(7-2-9-44(31)14-16)15-46-30-41-26-19(29(42-30)43-8-1-3-17(45)6-10-43)11-21(32(36,37)38)24(25(26)35)18-4-5-22(34)27-23(18)20(13-39)28(40)47-27/h4-5,11,16-17,45H,1-3,6-10,12,14-15,40H2. The minimum Gasteiger partial charge on any atom is -0.461 e. The van der Waals surface area contributed by atoms with Crippen molar-refractivity contribution in [3.63, 3.8) is 0 Å². The zero-order valence-electron chi connectivity index (χ0n) is 25.0. The number of aliphatic hydroxyl groups excluding tert-OH is 1. The maximum Gasteiger partial charge on any atom is 0.417 e. The van der Waals surface area contributed by atoms with Gasteiger partial charge in [0.1, 0.15) is 41.0 Å². The summed E-state index contributed by atoms with van der Waals surface area (Å²) < 4.78 is 96.6. The van der Waals surface area contributed by atoms with E-state index in [1.165, 1.54) is 0 Å². The van der Waals surface area contributed by atoms with Gasteiger partial charge in [0.2, 0.25) is 0 Å². The number of alkyl halides is 4. The van der Waals surface area contributed by atoms with Gasteiger partial charge in [-0.05, 0) is 56.3 Å². The Bertz CT molecular complexity index is 1930. The normalized spacial score (nSPS) is 23.7. The average Bonchev–Trinajstić information content (AvgIpc) is 3.60. The van der Waals surface area contributed by atoms with Gasteiger partial charge in [-0.1, -0.05) is 6.07 Å². The fraction of sp³-hybridized carbons (Fsp3) is 0.469. The molecule has 0 bridgehead atoms. The monoisotopic (exact) mass is 676 g/mol. The number of hydrogen-bond donors (Lipinski definition) is 2. The van der Waals surface area contributed by atoms with Crippen molar-refractivity contribution in [1.29, 1.82) is 5.26 Å². The summed E-state index contributed by atoms with van der Waals surface area (Å²) in [4.78, 5) is 12.5. The first-order valence-corrected chi connectivity index (χ1v) is 16.2. The van der Waals surface area contributed by atoms with E-state index in [-0.39, 0.29) is 69.5 Å². The third-order valence-corrected chi connectivity index (χ3v) is 10.7. The predicted molar refractivity (Wildman–Crippen MR) is 165 cm³/mol. The number of benzene rings is 2. The molecule has 3 saturated heterocycles. The molecule has 2 aromatic carbocycles. The predicted octanol–water partition coefficient (Wildman–Crippen LogP) is 6.57. The molecule has 0 radical (unpaired) electrons. The first-order chi connectivity index (χ1) is 22.4. The number of thiophene rings is 1. The third kappa shape index (κ3) is 5.40. The lowest BCUT2D eigenvalue weighted by atomic mass is 9.92. The van der Waals surface area contributed by atoms with Gasteiger partial charge in [-0.25, -0.2) is 13.2 Å². The molecule has 4 aromatic rings. The number of nitrogen functional groups attached to an aromatic ring is 1. The molecule has 47 heavy (non-hydrogen) atoms. The number of nitrogens with zero attached hydrogens (tertiary/aromatic N) is 5. The Morgan fingerprint density at radius 3 is 2.72 bits per heavy atom. The quantitative estimate of drug-likeness (QED) is 0.229. The molecule has 0 saturated carbocycles. The van der Waals surface area contributed by atoms with Gasteiger partial charge in [-0.2, -0.15) is 28.4 Å². The van der Waals surface area contributed by atoms with Crippen LogP contribution >= 0.6 is 11.3 Å². The number of aromatic nitrogens is 2. The molecule has 8 nitrogen and oxygen atoms in total. The van der Waals surface area contributed by atoms with Crippen LogP contribution in [0.1, 0.15) is 49.7 Å². The number of fused-ring (bicyclic) bond motifs is 3. The second-order valence-electron chi connectivity index (χ2n) is 12.5. The van der Waals surface area contributed by atoms with E-state index in [1.807, 2.05) is 11.0 Å². The largest absolute Gasteiger partial charge is 0.461 e. The first kappa shape index (κ1) is 31.7. The molecule has 3 atom stereocenters.